The van der Waals surface area contributed by atoms with Gasteiger partial charge in [0.25, 0.3) is 0 Å². The lowest BCUT2D eigenvalue weighted by molar-refractivity contribution is -0.136. The first-order valence-corrected chi connectivity index (χ1v) is 4.28. The van der Waals surface area contributed by atoms with Crippen LogP contribution in [0.3, 0.4) is 0 Å². The maximum Gasteiger partial charge on any atom is 0.417 e. The van der Waals surface area contributed by atoms with Crippen LogP contribution in [0.5, 0.6) is 0 Å². The van der Waals surface area contributed by atoms with Gasteiger partial charge < -0.3 is 4.98 Å². The Morgan fingerprint density at radius 3 is 2.50 bits per heavy atom. The number of pyridine rings is 1. The van der Waals surface area contributed by atoms with Gasteiger partial charge in [-0.1, -0.05) is 6.07 Å². The predicted molar refractivity (Wildman–Crippen MR) is 49.5 cm³/mol. The van der Waals surface area contributed by atoms with Crippen LogP contribution in [-0.2, 0) is 6.18 Å². The average molecular weight is 231 g/mol. The number of H-pyrrole nitrogens is 1. The molecule has 0 atom stereocenters. The molecule has 0 aliphatic heterocycles. The molecule has 6 heteroatoms. The molecule has 0 fully saturated rings. The van der Waals surface area contributed by atoms with Crippen LogP contribution in [0.15, 0.2) is 29.1 Å². The van der Waals surface area contributed by atoms with E-state index in [4.69, 9.17) is 0 Å². The number of alkyl halides is 3. The summed E-state index contributed by atoms with van der Waals surface area (Å²) in [6.45, 7) is 0. The first kappa shape index (κ1) is 10.7. The Labute approximate surface area is 86.5 Å². The summed E-state index contributed by atoms with van der Waals surface area (Å²) < 4.78 is 51.0. The number of rotatable bonds is 0. The van der Waals surface area contributed by atoms with Crippen molar-refractivity contribution in [2.75, 3.05) is 0 Å². The third-order valence-electron chi connectivity index (χ3n) is 2.12. The van der Waals surface area contributed by atoms with Crippen molar-refractivity contribution < 1.29 is 17.6 Å². The van der Waals surface area contributed by atoms with Crippen molar-refractivity contribution >= 4 is 10.9 Å². The molecule has 0 bridgehead atoms. The summed E-state index contributed by atoms with van der Waals surface area (Å²) in [5.74, 6) is -1.01. The van der Waals surface area contributed by atoms with Gasteiger partial charge in [-0.3, -0.25) is 4.79 Å². The van der Waals surface area contributed by atoms with Crippen molar-refractivity contribution in [1.29, 1.82) is 0 Å². The molecule has 16 heavy (non-hydrogen) atoms. The van der Waals surface area contributed by atoms with E-state index in [-0.39, 0.29) is 5.52 Å². The van der Waals surface area contributed by atoms with Crippen LogP contribution in [0.2, 0.25) is 0 Å². The molecule has 1 aromatic heterocycles. The van der Waals surface area contributed by atoms with Gasteiger partial charge >= 0.3 is 6.18 Å². The lowest BCUT2D eigenvalue weighted by Crippen LogP contribution is -2.14. The Morgan fingerprint density at radius 1 is 1.19 bits per heavy atom. The molecule has 0 radical (unpaired) electrons. The average Bonchev–Trinajstić information content (AvgIpc) is 2.15. The van der Waals surface area contributed by atoms with Crippen LogP contribution >= 0.6 is 0 Å². The van der Waals surface area contributed by atoms with E-state index in [0.717, 1.165) is 6.07 Å². The van der Waals surface area contributed by atoms with Crippen LogP contribution in [0.25, 0.3) is 10.9 Å². The third kappa shape index (κ3) is 1.66. The first-order chi connectivity index (χ1) is 7.39. The molecule has 84 valence electrons. The summed E-state index contributed by atoms with van der Waals surface area (Å²) in [5.41, 5.74) is -2.34. The number of nitrogens with one attached hydrogen (secondary N) is 1. The zero-order valence-electron chi connectivity index (χ0n) is 7.73. The van der Waals surface area contributed by atoms with Gasteiger partial charge in [0.2, 0.25) is 5.56 Å². The van der Waals surface area contributed by atoms with Gasteiger partial charge in [0, 0.05) is 11.5 Å². The Morgan fingerprint density at radius 2 is 1.88 bits per heavy atom. The van der Waals surface area contributed by atoms with Gasteiger partial charge in [0.05, 0.1) is 11.1 Å². The van der Waals surface area contributed by atoms with Gasteiger partial charge in [0.1, 0.15) is 5.82 Å². The zero-order chi connectivity index (χ0) is 11.9. The molecule has 2 rings (SSSR count). The number of aromatic nitrogens is 1. The molecule has 0 aliphatic carbocycles. The number of halogens is 4. The van der Waals surface area contributed by atoms with Gasteiger partial charge in [0.15, 0.2) is 0 Å². The standard InChI is InChI=1S/C10H5F4NO/c11-6-2-1-3-7-9(6)5(10(12,13)14)4-8(16)15-7/h1-4H,(H,15,16). The molecule has 2 aromatic rings. The van der Waals surface area contributed by atoms with Gasteiger partial charge in [-0.05, 0) is 12.1 Å². The van der Waals surface area contributed by atoms with Gasteiger partial charge in [-0.2, -0.15) is 13.2 Å². The fourth-order valence-corrected chi connectivity index (χ4v) is 1.50. The number of aromatic amines is 1. The fraction of sp³-hybridized carbons (Fsp3) is 0.100. The predicted octanol–water partition coefficient (Wildman–Crippen LogP) is 2.69. The van der Waals surface area contributed by atoms with E-state index < -0.39 is 28.5 Å². The molecule has 1 heterocycles. The zero-order valence-corrected chi connectivity index (χ0v) is 7.73. The summed E-state index contributed by atoms with van der Waals surface area (Å²) in [6.07, 6.45) is -4.76. The summed E-state index contributed by atoms with van der Waals surface area (Å²) in [6, 6.07) is 3.71. The maximum absolute atomic E-state index is 13.3. The molecule has 0 amide bonds. The number of fused-ring (bicyclic) bond motifs is 1. The number of hydrogen-bond donors (Lipinski definition) is 1. The molecule has 1 aromatic carbocycles. The van der Waals surface area contributed by atoms with Crippen molar-refractivity contribution in [2.45, 2.75) is 6.18 Å². The maximum atomic E-state index is 13.3. The van der Waals surface area contributed by atoms with E-state index in [2.05, 4.69) is 4.98 Å². The van der Waals surface area contributed by atoms with Crippen LogP contribution in [-0.4, -0.2) is 4.98 Å². The van der Waals surface area contributed by atoms with E-state index in [1.54, 1.807) is 0 Å². The molecular formula is C10H5F4NO. The second-order valence-electron chi connectivity index (χ2n) is 3.21. The third-order valence-corrected chi connectivity index (χ3v) is 2.12. The molecule has 1 N–H and O–H groups in total. The Balaban J connectivity index is 2.97. The Bertz CT molecular complexity index is 600. The Kier molecular flexibility index (Phi) is 2.22. The summed E-state index contributed by atoms with van der Waals surface area (Å²) >= 11 is 0. The highest BCUT2D eigenvalue weighted by Gasteiger charge is 2.34. The summed E-state index contributed by atoms with van der Waals surface area (Å²) in [5, 5.41) is -0.616. The minimum Gasteiger partial charge on any atom is -0.322 e. The SMILES string of the molecule is O=c1cc(C(F)(F)F)c2c(F)cccc2[nH]1. The van der Waals surface area contributed by atoms with Gasteiger partial charge in [-0.25, -0.2) is 4.39 Å². The van der Waals surface area contributed by atoms with Crippen LogP contribution in [0, 0.1) is 5.82 Å². The van der Waals surface area contributed by atoms with Crippen molar-refractivity contribution in [2.24, 2.45) is 0 Å². The molecule has 0 unspecified atom stereocenters. The van der Waals surface area contributed by atoms with Crippen LogP contribution in [0.4, 0.5) is 17.6 Å². The fourth-order valence-electron chi connectivity index (χ4n) is 1.50. The lowest BCUT2D eigenvalue weighted by Gasteiger charge is -2.10. The van der Waals surface area contributed by atoms with Gasteiger partial charge in [-0.15, -0.1) is 0 Å². The van der Waals surface area contributed by atoms with Crippen molar-refractivity contribution in [3.8, 4) is 0 Å². The van der Waals surface area contributed by atoms with E-state index in [9.17, 15) is 22.4 Å². The van der Waals surface area contributed by atoms with Crippen molar-refractivity contribution in [3.05, 3.63) is 46.0 Å². The van der Waals surface area contributed by atoms with Crippen LogP contribution < -0.4 is 5.56 Å². The quantitative estimate of drug-likeness (QED) is 0.694. The highest BCUT2D eigenvalue weighted by molar-refractivity contribution is 5.83. The largest absolute Gasteiger partial charge is 0.417 e. The summed E-state index contributed by atoms with van der Waals surface area (Å²) in [7, 11) is 0. The second kappa shape index (κ2) is 3.33. The molecular weight excluding hydrogens is 226 g/mol. The minimum absolute atomic E-state index is 0.167. The highest BCUT2D eigenvalue weighted by atomic mass is 19.4. The molecule has 0 saturated carbocycles. The van der Waals surface area contributed by atoms with E-state index in [0.29, 0.717) is 6.07 Å². The number of benzene rings is 1. The van der Waals surface area contributed by atoms with E-state index in [1.807, 2.05) is 0 Å². The first-order valence-electron chi connectivity index (χ1n) is 4.28. The van der Waals surface area contributed by atoms with E-state index in [1.165, 1.54) is 12.1 Å². The second-order valence-corrected chi connectivity index (χ2v) is 3.21. The number of hydrogen-bond acceptors (Lipinski definition) is 1. The highest BCUT2D eigenvalue weighted by Crippen LogP contribution is 2.34. The normalized spacial score (nSPS) is 12.0. The Hall–Kier alpha value is -1.85. The monoisotopic (exact) mass is 231 g/mol. The summed E-state index contributed by atoms with van der Waals surface area (Å²) in [4.78, 5) is 13.1. The lowest BCUT2D eigenvalue weighted by atomic mass is 10.1. The van der Waals surface area contributed by atoms with E-state index >= 15 is 0 Å². The molecule has 2 nitrogen and oxygen atoms in total. The topological polar surface area (TPSA) is 32.9 Å². The molecule has 0 spiro atoms. The smallest absolute Gasteiger partial charge is 0.322 e. The molecule has 0 aliphatic rings. The van der Waals surface area contributed by atoms with Crippen LogP contribution in [0.1, 0.15) is 5.56 Å². The molecule has 0 saturated heterocycles. The van der Waals surface area contributed by atoms with Crippen molar-refractivity contribution in [3.63, 3.8) is 0 Å². The minimum atomic E-state index is -4.76. The van der Waals surface area contributed by atoms with Crippen molar-refractivity contribution in [1.82, 2.24) is 4.98 Å².